The van der Waals surface area contributed by atoms with Crippen molar-refractivity contribution in [2.45, 2.75) is 13.8 Å². The summed E-state index contributed by atoms with van der Waals surface area (Å²) in [5.41, 5.74) is 4.14. The van der Waals surface area contributed by atoms with Gasteiger partial charge in [-0.1, -0.05) is 42.5 Å². The molecule has 0 unspecified atom stereocenters. The minimum absolute atomic E-state index is 0.699. The van der Waals surface area contributed by atoms with Crippen molar-refractivity contribution in [3.8, 4) is 22.9 Å². The smallest absolute Gasteiger partial charge is 0.182 e. The van der Waals surface area contributed by atoms with Crippen LogP contribution >= 0.6 is 0 Å². The highest BCUT2D eigenvalue weighted by atomic mass is 15.2. The molecule has 0 saturated carbocycles. The van der Waals surface area contributed by atoms with E-state index < -0.39 is 0 Å². The quantitative estimate of drug-likeness (QED) is 0.600. The zero-order valence-electron chi connectivity index (χ0n) is 13.0. The van der Waals surface area contributed by atoms with E-state index in [1.54, 1.807) is 6.20 Å². The largest absolute Gasteiger partial charge is 0.257 e. The van der Waals surface area contributed by atoms with Crippen LogP contribution in [-0.2, 0) is 0 Å². The third-order valence-corrected chi connectivity index (χ3v) is 4.08. The number of aromatic amines is 1. The Labute approximate surface area is 134 Å². The minimum Gasteiger partial charge on any atom is -0.257 e. The summed E-state index contributed by atoms with van der Waals surface area (Å²) in [6.07, 6.45) is 1.77. The topological polar surface area (TPSA) is 54.5 Å². The van der Waals surface area contributed by atoms with E-state index in [1.807, 2.05) is 31.2 Å². The molecule has 0 atom stereocenters. The maximum absolute atomic E-state index is 4.69. The zero-order chi connectivity index (χ0) is 15.8. The first-order chi connectivity index (χ1) is 11.2. The van der Waals surface area contributed by atoms with E-state index in [2.05, 4.69) is 46.4 Å². The van der Waals surface area contributed by atoms with Gasteiger partial charge in [0.05, 0.1) is 0 Å². The van der Waals surface area contributed by atoms with Gasteiger partial charge in [-0.3, -0.25) is 10.1 Å². The van der Waals surface area contributed by atoms with Crippen LogP contribution in [0, 0.1) is 13.8 Å². The summed E-state index contributed by atoms with van der Waals surface area (Å²) in [4.78, 5) is 9.10. The Kier molecular flexibility index (Phi) is 3.15. The highest BCUT2D eigenvalue weighted by Gasteiger charge is 2.14. The van der Waals surface area contributed by atoms with E-state index in [-0.39, 0.29) is 0 Å². The number of H-pyrrole nitrogens is 1. The Bertz CT molecular complexity index is 1000. The number of hydrogen-bond donors (Lipinski definition) is 1. The van der Waals surface area contributed by atoms with Gasteiger partial charge in [-0.05, 0) is 41.8 Å². The van der Waals surface area contributed by atoms with Crippen LogP contribution in [0.3, 0.4) is 0 Å². The van der Waals surface area contributed by atoms with E-state index in [9.17, 15) is 0 Å². The fourth-order valence-electron chi connectivity index (χ4n) is 2.89. The normalized spacial score (nSPS) is 11.0. The number of hydrogen-bond acceptors (Lipinski definition) is 3. The summed E-state index contributed by atoms with van der Waals surface area (Å²) in [7, 11) is 0. The predicted octanol–water partition coefficient (Wildman–Crippen LogP) is 4.30. The second kappa shape index (κ2) is 5.32. The molecular formula is C19H16N4. The molecule has 2 heterocycles. The molecule has 0 aliphatic carbocycles. The average molecular weight is 300 g/mol. The van der Waals surface area contributed by atoms with Gasteiger partial charge in [0.1, 0.15) is 5.69 Å². The van der Waals surface area contributed by atoms with Gasteiger partial charge in [0.15, 0.2) is 11.6 Å². The van der Waals surface area contributed by atoms with Crippen LogP contribution in [0.15, 0.2) is 54.7 Å². The van der Waals surface area contributed by atoms with Crippen LogP contribution in [0.4, 0.5) is 0 Å². The van der Waals surface area contributed by atoms with Crippen molar-refractivity contribution < 1.29 is 0 Å². The number of benzene rings is 2. The fraction of sp³-hybridized carbons (Fsp3) is 0.105. The Hall–Kier alpha value is -3.01. The number of aryl methyl sites for hydroxylation is 2. The van der Waals surface area contributed by atoms with Crippen LogP contribution in [-0.4, -0.2) is 20.2 Å². The molecule has 4 rings (SSSR count). The van der Waals surface area contributed by atoms with E-state index in [4.69, 9.17) is 4.98 Å². The second-order valence-electron chi connectivity index (χ2n) is 5.66. The third kappa shape index (κ3) is 2.28. The van der Waals surface area contributed by atoms with Gasteiger partial charge in [0.25, 0.3) is 0 Å². The van der Waals surface area contributed by atoms with Crippen LogP contribution in [0.2, 0.25) is 0 Å². The van der Waals surface area contributed by atoms with Crippen molar-refractivity contribution in [3.05, 3.63) is 65.9 Å². The maximum atomic E-state index is 4.69. The Balaban J connectivity index is 1.90. The number of aromatic nitrogens is 4. The van der Waals surface area contributed by atoms with Crippen molar-refractivity contribution in [1.82, 2.24) is 20.2 Å². The third-order valence-electron chi connectivity index (χ3n) is 4.08. The Morgan fingerprint density at radius 3 is 2.61 bits per heavy atom. The van der Waals surface area contributed by atoms with Crippen molar-refractivity contribution in [2.75, 3.05) is 0 Å². The summed E-state index contributed by atoms with van der Waals surface area (Å²) in [5, 5.41) is 9.82. The van der Waals surface area contributed by atoms with Crippen LogP contribution in [0.1, 0.15) is 11.1 Å². The molecule has 23 heavy (non-hydrogen) atoms. The van der Waals surface area contributed by atoms with Crippen LogP contribution in [0.25, 0.3) is 33.7 Å². The molecule has 0 bridgehead atoms. The molecule has 0 saturated heterocycles. The number of fused-ring (bicyclic) bond motifs is 1. The summed E-state index contributed by atoms with van der Waals surface area (Å²) in [6.45, 7) is 4.11. The van der Waals surface area contributed by atoms with Gasteiger partial charge in [0.2, 0.25) is 0 Å². The van der Waals surface area contributed by atoms with E-state index >= 15 is 0 Å². The summed E-state index contributed by atoms with van der Waals surface area (Å²) < 4.78 is 0. The molecule has 2 aromatic heterocycles. The predicted molar refractivity (Wildman–Crippen MR) is 92.0 cm³/mol. The van der Waals surface area contributed by atoms with E-state index in [1.165, 1.54) is 5.39 Å². The zero-order valence-corrected chi connectivity index (χ0v) is 13.0. The highest BCUT2D eigenvalue weighted by molar-refractivity contribution is 5.96. The Morgan fingerprint density at radius 1 is 0.870 bits per heavy atom. The number of rotatable bonds is 2. The van der Waals surface area contributed by atoms with Gasteiger partial charge in [-0.2, -0.15) is 5.10 Å². The molecule has 112 valence electrons. The lowest BCUT2D eigenvalue weighted by Crippen LogP contribution is -1.90. The van der Waals surface area contributed by atoms with Gasteiger partial charge in [-0.15, -0.1) is 0 Å². The molecule has 4 nitrogen and oxygen atoms in total. The first-order valence-electron chi connectivity index (χ1n) is 7.57. The molecule has 0 amide bonds. The van der Waals surface area contributed by atoms with E-state index in [0.717, 1.165) is 27.8 Å². The minimum atomic E-state index is 0.699. The van der Waals surface area contributed by atoms with Gasteiger partial charge >= 0.3 is 0 Å². The number of nitrogens with zero attached hydrogens (tertiary/aromatic N) is 3. The van der Waals surface area contributed by atoms with Crippen molar-refractivity contribution in [1.29, 1.82) is 0 Å². The molecule has 0 radical (unpaired) electrons. The lowest BCUT2D eigenvalue weighted by atomic mass is 9.99. The van der Waals surface area contributed by atoms with Gasteiger partial charge in [0, 0.05) is 11.8 Å². The van der Waals surface area contributed by atoms with Crippen molar-refractivity contribution in [3.63, 3.8) is 0 Å². The molecule has 4 heteroatoms. The molecular weight excluding hydrogens is 284 g/mol. The van der Waals surface area contributed by atoms with Gasteiger partial charge in [-0.25, -0.2) is 4.98 Å². The van der Waals surface area contributed by atoms with Crippen molar-refractivity contribution >= 4 is 10.8 Å². The molecule has 0 aliphatic rings. The van der Waals surface area contributed by atoms with E-state index in [0.29, 0.717) is 11.6 Å². The van der Waals surface area contributed by atoms with Crippen LogP contribution in [0.5, 0.6) is 0 Å². The first kappa shape index (κ1) is 13.6. The lowest BCUT2D eigenvalue weighted by Gasteiger charge is -2.06. The SMILES string of the molecule is Cc1cccnc1-c1nc(-c2c(C)ccc3ccccc23)n[nH]1. The summed E-state index contributed by atoms with van der Waals surface area (Å²) >= 11 is 0. The monoisotopic (exact) mass is 300 g/mol. The van der Waals surface area contributed by atoms with Gasteiger partial charge < -0.3 is 0 Å². The average Bonchev–Trinajstić information content (AvgIpc) is 3.04. The maximum Gasteiger partial charge on any atom is 0.182 e. The standard InChI is InChI=1S/C19H16N4/c1-12-9-10-14-7-3-4-8-15(14)16(12)18-21-19(23-22-18)17-13(2)6-5-11-20-17/h3-11H,1-2H3,(H,21,22,23). The number of nitrogens with one attached hydrogen (secondary N) is 1. The molecule has 0 spiro atoms. The number of pyridine rings is 1. The van der Waals surface area contributed by atoms with Crippen molar-refractivity contribution in [2.24, 2.45) is 0 Å². The molecule has 4 aromatic rings. The molecule has 0 aliphatic heterocycles. The highest BCUT2D eigenvalue weighted by Crippen LogP contribution is 2.30. The molecule has 1 N–H and O–H groups in total. The second-order valence-corrected chi connectivity index (χ2v) is 5.66. The Morgan fingerprint density at radius 2 is 1.74 bits per heavy atom. The fourth-order valence-corrected chi connectivity index (χ4v) is 2.89. The molecule has 2 aromatic carbocycles. The lowest BCUT2D eigenvalue weighted by molar-refractivity contribution is 1.08. The summed E-state index contributed by atoms with van der Waals surface area (Å²) in [6, 6.07) is 16.5. The summed E-state index contributed by atoms with van der Waals surface area (Å²) in [5.74, 6) is 1.41. The van der Waals surface area contributed by atoms with Crippen LogP contribution < -0.4 is 0 Å². The molecule has 0 fully saturated rings. The first-order valence-corrected chi connectivity index (χ1v) is 7.57.